The molecule has 3 rings (SSSR count). The summed E-state index contributed by atoms with van der Waals surface area (Å²) in [6.45, 7) is 5.57. The number of Topliss-reactive ketones (excluding diaryl/α,β-unsaturated/α-hetero) is 1. The van der Waals surface area contributed by atoms with Gasteiger partial charge in [0.25, 0.3) is 5.56 Å². The smallest absolute Gasteiger partial charge is 0.266 e. The first-order valence-electron chi connectivity index (χ1n) is 8.21. The predicted octanol–water partition coefficient (Wildman–Crippen LogP) is 4.23. The van der Waals surface area contributed by atoms with Crippen LogP contribution < -0.4 is 5.56 Å². The summed E-state index contributed by atoms with van der Waals surface area (Å²) < 4.78 is 14.7. The zero-order chi connectivity index (χ0) is 18.9. The molecule has 0 unspecified atom stereocenters. The molecule has 0 N–H and O–H groups in total. The molecular formula is C20H19FN2O2S. The van der Waals surface area contributed by atoms with Crippen molar-refractivity contribution in [2.24, 2.45) is 5.41 Å². The average Bonchev–Trinajstić information content (AvgIpc) is 2.60. The monoisotopic (exact) mass is 370 g/mol. The maximum Gasteiger partial charge on any atom is 0.266 e. The number of fused-ring (bicyclic) bond motifs is 1. The Morgan fingerprint density at radius 1 is 1.12 bits per heavy atom. The van der Waals surface area contributed by atoms with Gasteiger partial charge >= 0.3 is 0 Å². The number of aromatic nitrogens is 2. The SMILES string of the molecule is CC(C)(C)C(=O)CSc1nc2ccccc2c(=O)n1-c1ccc(F)cc1. The molecule has 0 aliphatic rings. The largest absolute Gasteiger partial charge is 0.298 e. The van der Waals surface area contributed by atoms with Crippen molar-refractivity contribution < 1.29 is 9.18 Å². The lowest BCUT2D eigenvalue weighted by molar-refractivity contribution is -0.123. The van der Waals surface area contributed by atoms with Gasteiger partial charge in [0.1, 0.15) is 11.6 Å². The van der Waals surface area contributed by atoms with Gasteiger partial charge in [-0.15, -0.1) is 0 Å². The van der Waals surface area contributed by atoms with E-state index in [4.69, 9.17) is 0 Å². The van der Waals surface area contributed by atoms with Gasteiger partial charge in [-0.25, -0.2) is 9.37 Å². The maximum absolute atomic E-state index is 13.3. The molecule has 4 nitrogen and oxygen atoms in total. The number of carbonyl (C=O) groups excluding carboxylic acids is 1. The zero-order valence-electron chi connectivity index (χ0n) is 14.8. The predicted molar refractivity (Wildman–Crippen MR) is 102 cm³/mol. The summed E-state index contributed by atoms with van der Waals surface area (Å²) in [6, 6.07) is 12.7. The third-order valence-electron chi connectivity index (χ3n) is 4.00. The molecule has 134 valence electrons. The molecule has 0 spiro atoms. The number of para-hydroxylation sites is 1. The average molecular weight is 370 g/mol. The molecule has 0 aliphatic carbocycles. The lowest BCUT2D eigenvalue weighted by Gasteiger charge is -2.17. The van der Waals surface area contributed by atoms with Crippen molar-refractivity contribution >= 4 is 28.4 Å². The van der Waals surface area contributed by atoms with Crippen LogP contribution in [0.2, 0.25) is 0 Å². The molecule has 3 aromatic rings. The van der Waals surface area contributed by atoms with E-state index in [1.807, 2.05) is 26.8 Å². The molecule has 1 heterocycles. The minimum absolute atomic E-state index is 0.0653. The van der Waals surface area contributed by atoms with Crippen molar-refractivity contribution in [3.63, 3.8) is 0 Å². The highest BCUT2D eigenvalue weighted by molar-refractivity contribution is 7.99. The minimum Gasteiger partial charge on any atom is -0.298 e. The molecule has 0 aliphatic heterocycles. The van der Waals surface area contributed by atoms with E-state index in [0.717, 1.165) is 0 Å². The Hall–Kier alpha value is -2.47. The van der Waals surface area contributed by atoms with Crippen molar-refractivity contribution in [3.05, 3.63) is 64.7 Å². The molecular weight excluding hydrogens is 351 g/mol. The van der Waals surface area contributed by atoms with Gasteiger partial charge in [-0.1, -0.05) is 44.7 Å². The number of carbonyl (C=O) groups is 1. The summed E-state index contributed by atoms with van der Waals surface area (Å²) in [5.74, 6) is -0.113. The number of benzene rings is 2. The quantitative estimate of drug-likeness (QED) is 0.509. The second-order valence-electron chi connectivity index (χ2n) is 6.99. The van der Waals surface area contributed by atoms with Gasteiger partial charge < -0.3 is 0 Å². The normalized spacial score (nSPS) is 11.7. The van der Waals surface area contributed by atoms with Crippen LogP contribution >= 0.6 is 11.8 Å². The number of nitrogens with zero attached hydrogens (tertiary/aromatic N) is 2. The Balaban J connectivity index is 2.13. The Morgan fingerprint density at radius 3 is 2.42 bits per heavy atom. The summed E-state index contributed by atoms with van der Waals surface area (Å²) in [5.41, 5.74) is 0.375. The fourth-order valence-electron chi connectivity index (χ4n) is 2.37. The fourth-order valence-corrected chi connectivity index (χ4v) is 3.55. The summed E-state index contributed by atoms with van der Waals surface area (Å²) >= 11 is 1.22. The summed E-state index contributed by atoms with van der Waals surface area (Å²) in [5, 5.41) is 0.890. The van der Waals surface area contributed by atoms with Crippen molar-refractivity contribution in [2.45, 2.75) is 25.9 Å². The van der Waals surface area contributed by atoms with Crippen LogP contribution in [-0.2, 0) is 4.79 Å². The molecule has 2 aromatic carbocycles. The van der Waals surface area contributed by atoms with Crippen molar-refractivity contribution in [2.75, 3.05) is 5.75 Å². The standard InChI is InChI=1S/C20H19FN2O2S/c1-20(2,3)17(24)12-26-19-22-16-7-5-4-6-15(16)18(25)23(19)14-10-8-13(21)9-11-14/h4-11H,12H2,1-3H3. The van der Waals surface area contributed by atoms with Crippen molar-refractivity contribution in [1.29, 1.82) is 0 Å². The topological polar surface area (TPSA) is 52.0 Å². The molecule has 0 bridgehead atoms. The summed E-state index contributed by atoms with van der Waals surface area (Å²) in [7, 11) is 0. The van der Waals surface area contributed by atoms with Crippen LogP contribution in [0.15, 0.2) is 58.5 Å². The van der Waals surface area contributed by atoms with Gasteiger partial charge in [-0.2, -0.15) is 0 Å². The third kappa shape index (κ3) is 3.70. The molecule has 0 radical (unpaired) electrons. The fraction of sp³-hybridized carbons (Fsp3) is 0.250. The Labute approximate surface area is 155 Å². The van der Waals surface area contributed by atoms with E-state index in [2.05, 4.69) is 4.98 Å². The number of halogens is 1. The van der Waals surface area contributed by atoms with Crippen LogP contribution in [-0.4, -0.2) is 21.1 Å². The Bertz CT molecular complexity index is 1020. The molecule has 26 heavy (non-hydrogen) atoms. The van der Waals surface area contributed by atoms with Gasteiger partial charge in [0, 0.05) is 5.41 Å². The first-order valence-corrected chi connectivity index (χ1v) is 9.20. The number of hydrogen-bond acceptors (Lipinski definition) is 4. The van der Waals surface area contributed by atoms with Gasteiger partial charge in [-0.3, -0.25) is 14.2 Å². The molecule has 1 aromatic heterocycles. The first kappa shape index (κ1) is 18.3. The number of rotatable bonds is 4. The van der Waals surface area contributed by atoms with Gasteiger partial charge in [0.05, 0.1) is 22.3 Å². The first-order chi connectivity index (χ1) is 12.3. The molecule has 0 saturated carbocycles. The van der Waals surface area contributed by atoms with Crippen LogP contribution in [0.4, 0.5) is 4.39 Å². The van der Waals surface area contributed by atoms with Gasteiger partial charge in [0.15, 0.2) is 5.16 Å². The molecule has 0 saturated heterocycles. The van der Waals surface area contributed by atoms with Gasteiger partial charge in [0.2, 0.25) is 0 Å². The van der Waals surface area contributed by atoms with Crippen LogP contribution in [0.5, 0.6) is 0 Å². The summed E-state index contributed by atoms with van der Waals surface area (Å²) in [4.78, 5) is 29.9. The van der Waals surface area contributed by atoms with Crippen molar-refractivity contribution in [1.82, 2.24) is 9.55 Å². The molecule has 0 fully saturated rings. The van der Waals surface area contributed by atoms with E-state index >= 15 is 0 Å². The lowest BCUT2D eigenvalue weighted by Crippen LogP contribution is -2.24. The molecule has 6 heteroatoms. The summed E-state index contributed by atoms with van der Waals surface area (Å²) in [6.07, 6.45) is 0. The third-order valence-corrected chi connectivity index (χ3v) is 4.94. The van der Waals surface area contributed by atoms with E-state index < -0.39 is 5.41 Å². The van der Waals surface area contributed by atoms with E-state index in [0.29, 0.717) is 21.7 Å². The second-order valence-corrected chi connectivity index (χ2v) is 7.93. The highest BCUT2D eigenvalue weighted by atomic mass is 32.2. The lowest BCUT2D eigenvalue weighted by atomic mass is 9.92. The second kappa shape index (κ2) is 7.03. The van der Waals surface area contributed by atoms with Crippen LogP contribution in [0.1, 0.15) is 20.8 Å². The van der Waals surface area contributed by atoms with E-state index in [9.17, 15) is 14.0 Å². The van der Waals surface area contributed by atoms with E-state index in [-0.39, 0.29) is 22.9 Å². The highest BCUT2D eigenvalue weighted by Gasteiger charge is 2.22. The van der Waals surface area contributed by atoms with E-state index in [1.54, 1.807) is 18.2 Å². The van der Waals surface area contributed by atoms with Crippen LogP contribution in [0.25, 0.3) is 16.6 Å². The molecule has 0 atom stereocenters. The number of hydrogen-bond donors (Lipinski definition) is 0. The number of thioether (sulfide) groups is 1. The van der Waals surface area contributed by atoms with Crippen molar-refractivity contribution in [3.8, 4) is 5.69 Å². The van der Waals surface area contributed by atoms with Gasteiger partial charge in [-0.05, 0) is 36.4 Å². The van der Waals surface area contributed by atoms with Crippen LogP contribution in [0, 0.1) is 11.2 Å². The maximum atomic E-state index is 13.3. The number of ketones is 1. The van der Waals surface area contributed by atoms with E-state index in [1.165, 1.54) is 40.6 Å². The Morgan fingerprint density at radius 2 is 1.77 bits per heavy atom. The van der Waals surface area contributed by atoms with Crippen LogP contribution in [0.3, 0.4) is 0 Å². The highest BCUT2D eigenvalue weighted by Crippen LogP contribution is 2.25. The Kier molecular flexibility index (Phi) is 4.96. The molecule has 0 amide bonds. The zero-order valence-corrected chi connectivity index (χ0v) is 15.6. The minimum atomic E-state index is -0.467.